The Balaban J connectivity index is 2.38. The fourth-order valence-electron chi connectivity index (χ4n) is 3.45. The molecule has 24 heavy (non-hydrogen) atoms. The van der Waals surface area contributed by atoms with Crippen molar-refractivity contribution in [2.75, 3.05) is 18.0 Å². The Morgan fingerprint density at radius 3 is 2.58 bits per heavy atom. The summed E-state index contributed by atoms with van der Waals surface area (Å²) in [6.07, 6.45) is 1.34. The highest BCUT2D eigenvalue weighted by atomic mass is 79.9. The molecule has 0 bridgehead atoms. The minimum atomic E-state index is -0.840. The number of carbonyl (C=O) groups is 1. The molecule has 0 fully saturated rings. The highest BCUT2D eigenvalue weighted by molar-refractivity contribution is 9.10. The first-order valence-corrected chi connectivity index (χ1v) is 9.45. The van der Waals surface area contributed by atoms with Gasteiger partial charge < -0.3 is 14.9 Å². The summed E-state index contributed by atoms with van der Waals surface area (Å²) in [5.41, 5.74) is 2.57. The second-order valence-electron chi connectivity index (χ2n) is 7.98. The fraction of sp³-hybridized carbons (Fsp3) is 0.632. The van der Waals surface area contributed by atoms with E-state index in [1.54, 1.807) is 4.90 Å². The van der Waals surface area contributed by atoms with E-state index in [0.29, 0.717) is 6.54 Å². The first-order chi connectivity index (χ1) is 11.1. The van der Waals surface area contributed by atoms with Crippen LogP contribution in [0.2, 0.25) is 0 Å². The van der Waals surface area contributed by atoms with Crippen LogP contribution in [0.25, 0.3) is 0 Å². The van der Waals surface area contributed by atoms with Gasteiger partial charge >= 0.3 is 6.09 Å². The lowest BCUT2D eigenvalue weighted by Crippen LogP contribution is -2.54. The van der Waals surface area contributed by atoms with Crippen LogP contribution in [0, 0.1) is 5.41 Å². The molecule has 0 aromatic heterocycles. The lowest BCUT2D eigenvalue weighted by atomic mass is 9.83. The van der Waals surface area contributed by atoms with Crippen LogP contribution in [0.15, 0.2) is 22.7 Å². The minimum absolute atomic E-state index is 0.0235. The van der Waals surface area contributed by atoms with Crippen molar-refractivity contribution >= 4 is 27.7 Å². The Morgan fingerprint density at radius 1 is 1.38 bits per heavy atom. The van der Waals surface area contributed by atoms with Crippen LogP contribution in [0.1, 0.15) is 46.6 Å². The summed E-state index contributed by atoms with van der Waals surface area (Å²) in [5, 5.41) is 9.59. The van der Waals surface area contributed by atoms with E-state index >= 15 is 0 Å². The van der Waals surface area contributed by atoms with Crippen molar-refractivity contribution in [2.24, 2.45) is 5.41 Å². The zero-order chi connectivity index (χ0) is 18.1. The van der Waals surface area contributed by atoms with Crippen molar-refractivity contribution in [2.45, 2.75) is 59.5 Å². The van der Waals surface area contributed by atoms with Crippen molar-refractivity contribution in [3.8, 4) is 0 Å². The van der Waals surface area contributed by atoms with Crippen LogP contribution in [0.4, 0.5) is 10.5 Å². The van der Waals surface area contributed by atoms with Crippen LogP contribution in [-0.4, -0.2) is 41.3 Å². The van der Waals surface area contributed by atoms with Gasteiger partial charge in [0.15, 0.2) is 0 Å². The smallest absolute Gasteiger partial charge is 0.407 e. The zero-order valence-corrected chi connectivity index (χ0v) is 16.9. The van der Waals surface area contributed by atoms with Gasteiger partial charge in [0, 0.05) is 29.3 Å². The third kappa shape index (κ3) is 4.24. The van der Waals surface area contributed by atoms with Crippen LogP contribution < -0.4 is 4.90 Å². The number of nitrogens with zero attached hydrogens (tertiary/aromatic N) is 2. The van der Waals surface area contributed by atoms with E-state index in [0.717, 1.165) is 23.9 Å². The molecule has 0 aliphatic carbocycles. The molecular weight excluding hydrogens is 368 g/mol. The quantitative estimate of drug-likeness (QED) is 0.777. The number of rotatable bonds is 4. The fourth-order valence-corrected chi connectivity index (χ4v) is 3.86. The number of amides is 1. The van der Waals surface area contributed by atoms with Gasteiger partial charge in [-0.3, -0.25) is 0 Å². The number of carboxylic acid groups (broad SMARTS) is 1. The van der Waals surface area contributed by atoms with Crippen LogP contribution >= 0.6 is 15.9 Å². The molecule has 134 valence electrons. The van der Waals surface area contributed by atoms with Gasteiger partial charge in [0.1, 0.15) is 0 Å². The minimum Gasteiger partial charge on any atom is -0.465 e. The molecule has 1 heterocycles. The summed E-state index contributed by atoms with van der Waals surface area (Å²) in [7, 11) is 0. The Kier molecular flexibility index (Phi) is 5.84. The number of hydrogen-bond donors (Lipinski definition) is 1. The van der Waals surface area contributed by atoms with Crippen LogP contribution in [-0.2, 0) is 6.42 Å². The Hall–Kier alpha value is -1.23. The number of fused-ring (bicyclic) bond motifs is 1. The molecule has 1 amide bonds. The van der Waals surface area contributed by atoms with Crippen molar-refractivity contribution in [3.63, 3.8) is 0 Å². The molecule has 0 spiro atoms. The molecule has 1 atom stereocenters. The van der Waals surface area contributed by atoms with Gasteiger partial charge in [-0.15, -0.1) is 0 Å². The summed E-state index contributed by atoms with van der Waals surface area (Å²) in [6.45, 7) is 12.0. The van der Waals surface area contributed by atoms with Gasteiger partial charge in [-0.25, -0.2) is 4.79 Å². The molecule has 5 heteroatoms. The molecule has 1 aromatic rings. The normalized spacial score (nSPS) is 16.0. The molecular formula is C19H29BrN2O2. The maximum atomic E-state index is 11.7. The SMILES string of the molecule is CC(C)N(CC(N1CCCc2cc(Br)ccc21)C(C)(C)C)C(=O)O. The van der Waals surface area contributed by atoms with E-state index < -0.39 is 6.09 Å². The van der Waals surface area contributed by atoms with Gasteiger partial charge in [0.05, 0.1) is 6.04 Å². The standard InChI is InChI=1S/C19H29BrN2O2/c1-13(2)22(18(23)24)12-17(19(3,4)5)21-10-6-7-14-11-15(20)8-9-16(14)21/h8-9,11,13,17H,6-7,10,12H2,1-5H3,(H,23,24). The first-order valence-electron chi connectivity index (χ1n) is 8.66. The lowest BCUT2D eigenvalue weighted by Gasteiger charge is -2.46. The number of anilines is 1. The zero-order valence-electron chi connectivity index (χ0n) is 15.3. The topological polar surface area (TPSA) is 43.8 Å². The summed E-state index contributed by atoms with van der Waals surface area (Å²) >= 11 is 3.56. The van der Waals surface area contributed by atoms with Gasteiger partial charge in [-0.05, 0) is 55.9 Å². The summed E-state index contributed by atoms with van der Waals surface area (Å²) in [4.78, 5) is 15.7. The molecule has 1 aliphatic rings. The molecule has 1 unspecified atom stereocenters. The predicted octanol–water partition coefficient (Wildman–Crippen LogP) is 5.00. The Morgan fingerprint density at radius 2 is 2.04 bits per heavy atom. The lowest BCUT2D eigenvalue weighted by molar-refractivity contribution is 0.116. The van der Waals surface area contributed by atoms with E-state index in [1.165, 1.54) is 11.3 Å². The summed E-state index contributed by atoms with van der Waals surface area (Å²) < 4.78 is 1.10. The van der Waals surface area contributed by atoms with Crippen LogP contribution in [0.5, 0.6) is 0 Å². The van der Waals surface area contributed by atoms with E-state index in [-0.39, 0.29) is 17.5 Å². The molecule has 4 nitrogen and oxygen atoms in total. The Bertz CT molecular complexity index is 596. The van der Waals surface area contributed by atoms with Crippen molar-refractivity contribution in [1.82, 2.24) is 4.90 Å². The molecule has 1 aromatic carbocycles. The second kappa shape index (κ2) is 7.34. The largest absolute Gasteiger partial charge is 0.465 e. The molecule has 2 rings (SSSR count). The monoisotopic (exact) mass is 396 g/mol. The van der Waals surface area contributed by atoms with Gasteiger partial charge in [-0.2, -0.15) is 0 Å². The van der Waals surface area contributed by atoms with Crippen molar-refractivity contribution < 1.29 is 9.90 Å². The molecule has 0 saturated heterocycles. The van der Waals surface area contributed by atoms with E-state index in [2.05, 4.69) is 59.8 Å². The maximum absolute atomic E-state index is 11.7. The van der Waals surface area contributed by atoms with Crippen LogP contribution in [0.3, 0.4) is 0 Å². The van der Waals surface area contributed by atoms with Gasteiger partial charge in [0.25, 0.3) is 0 Å². The highest BCUT2D eigenvalue weighted by Gasteiger charge is 2.36. The average molecular weight is 397 g/mol. The maximum Gasteiger partial charge on any atom is 0.407 e. The molecule has 1 N–H and O–H groups in total. The molecule has 1 aliphatic heterocycles. The van der Waals surface area contributed by atoms with Gasteiger partial charge in [0.2, 0.25) is 0 Å². The highest BCUT2D eigenvalue weighted by Crippen LogP contribution is 2.36. The first kappa shape index (κ1) is 19.1. The number of halogens is 1. The van der Waals surface area contributed by atoms with E-state index in [9.17, 15) is 9.90 Å². The number of aryl methyl sites for hydroxylation is 1. The molecule has 0 saturated carbocycles. The van der Waals surface area contributed by atoms with Crippen molar-refractivity contribution in [1.29, 1.82) is 0 Å². The van der Waals surface area contributed by atoms with E-state index in [1.807, 2.05) is 13.8 Å². The molecule has 0 radical (unpaired) electrons. The Labute approximate surface area is 154 Å². The summed E-state index contributed by atoms with van der Waals surface area (Å²) in [5.74, 6) is 0. The van der Waals surface area contributed by atoms with Crippen molar-refractivity contribution in [3.05, 3.63) is 28.2 Å². The number of benzene rings is 1. The third-order valence-electron chi connectivity index (χ3n) is 4.81. The predicted molar refractivity (Wildman–Crippen MR) is 103 cm³/mol. The van der Waals surface area contributed by atoms with E-state index in [4.69, 9.17) is 0 Å². The third-order valence-corrected chi connectivity index (χ3v) is 5.30. The number of hydrogen-bond acceptors (Lipinski definition) is 2. The second-order valence-corrected chi connectivity index (χ2v) is 8.90. The summed E-state index contributed by atoms with van der Waals surface area (Å²) in [6, 6.07) is 6.54. The van der Waals surface area contributed by atoms with Gasteiger partial charge in [-0.1, -0.05) is 36.7 Å². The average Bonchev–Trinajstić information content (AvgIpc) is 2.45.